The number of thiophene rings is 1. The van der Waals surface area contributed by atoms with Crippen molar-refractivity contribution in [1.82, 2.24) is 24.1 Å². The molecule has 3 aliphatic heterocycles. The summed E-state index contributed by atoms with van der Waals surface area (Å²) in [4.78, 5) is 16.3. The van der Waals surface area contributed by atoms with Gasteiger partial charge in [-0.15, -0.1) is 0 Å². The minimum Gasteiger partial charge on any atom is -0.326 e. The molecule has 5 heterocycles. The lowest BCUT2D eigenvalue weighted by atomic mass is 10.0. The van der Waals surface area contributed by atoms with Gasteiger partial charge in [-0.25, -0.2) is 17.8 Å². The highest BCUT2D eigenvalue weighted by Gasteiger charge is 2.34. The van der Waals surface area contributed by atoms with Crippen molar-refractivity contribution in [2.24, 2.45) is 0 Å². The van der Waals surface area contributed by atoms with Gasteiger partial charge in [0.05, 0.1) is 4.90 Å². The number of piperidine rings is 1. The van der Waals surface area contributed by atoms with Crippen LogP contribution in [-0.4, -0.2) is 84.3 Å². The van der Waals surface area contributed by atoms with Crippen molar-refractivity contribution >= 4 is 44.5 Å². The summed E-state index contributed by atoms with van der Waals surface area (Å²) in [5, 5.41) is 7.53. The molecule has 2 fully saturated rings. The van der Waals surface area contributed by atoms with Crippen LogP contribution < -0.4 is 10.2 Å². The van der Waals surface area contributed by atoms with Crippen molar-refractivity contribution in [3.05, 3.63) is 88.5 Å². The van der Waals surface area contributed by atoms with Gasteiger partial charge in [-0.2, -0.15) is 20.6 Å². The average Bonchev–Trinajstić information content (AvgIpc) is 3.85. The van der Waals surface area contributed by atoms with Gasteiger partial charge >= 0.3 is 0 Å². The maximum absolute atomic E-state index is 14.2. The number of anilines is 4. The molecule has 0 saturated carbocycles. The van der Waals surface area contributed by atoms with Gasteiger partial charge in [0, 0.05) is 62.9 Å². The van der Waals surface area contributed by atoms with E-state index in [1.165, 1.54) is 24.5 Å². The quantitative estimate of drug-likeness (QED) is 0.214. The normalized spacial score (nSPS) is 18.0. The van der Waals surface area contributed by atoms with Crippen molar-refractivity contribution in [3.8, 4) is 0 Å². The Morgan fingerprint density at radius 2 is 1.76 bits per heavy atom. The third-order valence-electron chi connectivity index (χ3n) is 9.36. The molecule has 3 aliphatic rings. The third kappa shape index (κ3) is 6.96. The Morgan fingerprint density at radius 1 is 0.957 bits per heavy atom. The van der Waals surface area contributed by atoms with E-state index in [4.69, 9.17) is 4.98 Å². The van der Waals surface area contributed by atoms with E-state index in [1.54, 1.807) is 58.2 Å². The van der Waals surface area contributed by atoms with Crippen LogP contribution in [0.15, 0.2) is 76.4 Å². The van der Waals surface area contributed by atoms with Crippen LogP contribution in [0.2, 0.25) is 0 Å². The third-order valence-corrected chi connectivity index (χ3v) is 12.1. The largest absolute Gasteiger partial charge is 0.326 e. The SMILES string of the molecule is O=S(=O)(c1ccc(Nc2nccc(N3CCc4cc(F)ccc43)n2)cc1)N(CCN1CCCC1)C1CCN(Cc2ccsc2)CC1. The number of benzene rings is 2. The van der Waals surface area contributed by atoms with E-state index in [0.29, 0.717) is 29.6 Å². The average molecular weight is 662 g/mol. The molecule has 0 unspecified atom stereocenters. The second-order valence-corrected chi connectivity index (χ2v) is 15.0. The lowest BCUT2D eigenvalue weighted by molar-refractivity contribution is 0.147. The lowest BCUT2D eigenvalue weighted by Gasteiger charge is -2.38. The predicted molar refractivity (Wildman–Crippen MR) is 181 cm³/mol. The molecule has 2 aromatic carbocycles. The van der Waals surface area contributed by atoms with Gasteiger partial charge in [-0.05, 0) is 122 Å². The number of nitrogens with zero attached hydrogens (tertiary/aromatic N) is 6. The molecule has 7 rings (SSSR count). The summed E-state index contributed by atoms with van der Waals surface area (Å²) in [5.74, 6) is 0.892. The predicted octanol–water partition coefficient (Wildman–Crippen LogP) is 5.87. The molecule has 0 atom stereocenters. The maximum atomic E-state index is 14.2. The smallest absolute Gasteiger partial charge is 0.243 e. The van der Waals surface area contributed by atoms with Crippen molar-refractivity contribution in [2.75, 3.05) is 56.0 Å². The first kappa shape index (κ1) is 31.2. The summed E-state index contributed by atoms with van der Waals surface area (Å²) in [5.41, 5.74) is 3.93. The number of hydrogen-bond donors (Lipinski definition) is 1. The van der Waals surface area contributed by atoms with Gasteiger partial charge < -0.3 is 15.1 Å². The van der Waals surface area contributed by atoms with Crippen LogP contribution in [-0.2, 0) is 23.0 Å². The lowest BCUT2D eigenvalue weighted by Crippen LogP contribution is -2.49. The van der Waals surface area contributed by atoms with Crippen molar-refractivity contribution < 1.29 is 12.8 Å². The first-order valence-corrected chi connectivity index (χ1v) is 18.5. The molecule has 46 heavy (non-hydrogen) atoms. The number of halogens is 1. The zero-order chi connectivity index (χ0) is 31.5. The highest BCUT2D eigenvalue weighted by Crippen LogP contribution is 2.34. The molecule has 242 valence electrons. The van der Waals surface area contributed by atoms with E-state index in [1.807, 2.05) is 6.07 Å². The van der Waals surface area contributed by atoms with Crippen LogP contribution in [0.4, 0.5) is 27.5 Å². The monoisotopic (exact) mass is 661 g/mol. The molecule has 9 nitrogen and oxygen atoms in total. The van der Waals surface area contributed by atoms with Gasteiger partial charge in [0.1, 0.15) is 11.6 Å². The summed E-state index contributed by atoms with van der Waals surface area (Å²) in [7, 11) is -3.70. The Hall–Kier alpha value is -3.42. The summed E-state index contributed by atoms with van der Waals surface area (Å²) in [6, 6.07) is 15.7. The van der Waals surface area contributed by atoms with E-state index < -0.39 is 10.0 Å². The zero-order valence-electron chi connectivity index (χ0n) is 25.9. The number of fused-ring (bicyclic) bond motifs is 1. The Labute approximate surface area is 274 Å². The molecule has 0 amide bonds. The standard InChI is InChI=1S/C34H40FN7O2S2/c35-28-3-8-32-27(23-28)10-19-41(32)33-9-14-36-34(38-33)37-29-4-6-31(7-5-29)46(43,44)42(21-20-39-15-1-2-16-39)30-11-17-40(18-12-30)24-26-13-22-45-25-26/h3-9,13-14,22-23,25,30H,1-2,10-12,15-21,24H2,(H,36,37,38). The summed E-state index contributed by atoms with van der Waals surface area (Å²) >= 11 is 1.72. The summed E-state index contributed by atoms with van der Waals surface area (Å²) < 4.78 is 43.9. The van der Waals surface area contributed by atoms with Crippen LogP contribution in [0.1, 0.15) is 36.8 Å². The highest BCUT2D eigenvalue weighted by molar-refractivity contribution is 7.89. The minimum absolute atomic E-state index is 0.0209. The number of nitrogens with one attached hydrogen (secondary N) is 1. The summed E-state index contributed by atoms with van der Waals surface area (Å²) in [6.45, 7) is 6.75. The molecular formula is C34H40FN7O2S2. The fourth-order valence-electron chi connectivity index (χ4n) is 6.89. The van der Waals surface area contributed by atoms with E-state index in [0.717, 1.165) is 75.6 Å². The van der Waals surface area contributed by atoms with Crippen molar-refractivity contribution in [3.63, 3.8) is 0 Å². The van der Waals surface area contributed by atoms with E-state index in [-0.39, 0.29) is 11.9 Å². The number of aromatic nitrogens is 2. The van der Waals surface area contributed by atoms with E-state index in [9.17, 15) is 12.8 Å². The zero-order valence-corrected chi connectivity index (χ0v) is 27.5. The molecular weight excluding hydrogens is 622 g/mol. The van der Waals surface area contributed by atoms with E-state index >= 15 is 0 Å². The van der Waals surface area contributed by atoms with Gasteiger partial charge in [-0.3, -0.25) is 4.90 Å². The molecule has 2 aromatic heterocycles. The van der Waals surface area contributed by atoms with Gasteiger partial charge in [0.2, 0.25) is 16.0 Å². The molecule has 0 bridgehead atoms. The fraction of sp³-hybridized carbons (Fsp3) is 0.412. The summed E-state index contributed by atoms with van der Waals surface area (Å²) in [6.07, 6.45) is 6.45. The topological polar surface area (TPSA) is 84.9 Å². The molecule has 1 N–H and O–H groups in total. The maximum Gasteiger partial charge on any atom is 0.243 e. The molecule has 2 saturated heterocycles. The molecule has 0 aliphatic carbocycles. The van der Waals surface area contributed by atoms with E-state index in [2.05, 4.69) is 41.8 Å². The van der Waals surface area contributed by atoms with Crippen LogP contribution in [0.3, 0.4) is 0 Å². The van der Waals surface area contributed by atoms with Crippen LogP contribution in [0, 0.1) is 5.82 Å². The highest BCUT2D eigenvalue weighted by atomic mass is 32.2. The second kappa shape index (κ2) is 13.7. The molecule has 4 aromatic rings. The number of likely N-dealkylation sites (tertiary alicyclic amines) is 2. The Balaban J connectivity index is 1.04. The minimum atomic E-state index is -3.70. The molecule has 0 spiro atoms. The molecule has 12 heteroatoms. The Kier molecular flexibility index (Phi) is 9.32. The first-order valence-electron chi connectivity index (χ1n) is 16.2. The Bertz CT molecular complexity index is 1720. The van der Waals surface area contributed by atoms with Crippen LogP contribution >= 0.6 is 11.3 Å². The van der Waals surface area contributed by atoms with Crippen LogP contribution in [0.25, 0.3) is 0 Å². The van der Waals surface area contributed by atoms with Gasteiger partial charge in [-0.1, -0.05) is 0 Å². The number of rotatable bonds is 11. The van der Waals surface area contributed by atoms with Crippen molar-refractivity contribution in [1.29, 1.82) is 0 Å². The van der Waals surface area contributed by atoms with Crippen molar-refractivity contribution in [2.45, 2.75) is 49.6 Å². The first-order chi connectivity index (χ1) is 22.4. The second-order valence-electron chi connectivity index (χ2n) is 12.4. The Morgan fingerprint density at radius 3 is 2.52 bits per heavy atom. The van der Waals surface area contributed by atoms with Crippen LogP contribution in [0.5, 0.6) is 0 Å². The van der Waals surface area contributed by atoms with Gasteiger partial charge in [0.25, 0.3) is 0 Å². The number of hydrogen-bond acceptors (Lipinski definition) is 9. The van der Waals surface area contributed by atoms with Gasteiger partial charge in [0.15, 0.2) is 0 Å². The fourth-order valence-corrected chi connectivity index (χ4v) is 9.23. The number of sulfonamides is 1. The molecule has 0 radical (unpaired) electrons.